The van der Waals surface area contributed by atoms with Crippen LogP contribution in [-0.2, 0) is 17.8 Å². The molecule has 0 aliphatic carbocycles. The molecule has 25 heavy (non-hydrogen) atoms. The van der Waals surface area contributed by atoms with Gasteiger partial charge in [0.1, 0.15) is 11.6 Å². The normalized spacial score (nSPS) is 16.0. The number of rotatable bonds is 4. The SMILES string of the molecule is Cc1noc(C)c1CN1CCCN(C(=O)Cc2ccccc2F)CC1. The Morgan fingerprint density at radius 1 is 1.20 bits per heavy atom. The summed E-state index contributed by atoms with van der Waals surface area (Å²) in [6, 6.07) is 6.48. The van der Waals surface area contributed by atoms with Crippen molar-refractivity contribution in [2.45, 2.75) is 33.2 Å². The van der Waals surface area contributed by atoms with E-state index in [4.69, 9.17) is 4.52 Å². The fraction of sp³-hybridized carbons (Fsp3) is 0.474. The van der Waals surface area contributed by atoms with Crippen LogP contribution in [0.25, 0.3) is 0 Å². The first-order valence-corrected chi connectivity index (χ1v) is 8.70. The molecule has 1 fully saturated rings. The summed E-state index contributed by atoms with van der Waals surface area (Å²) in [5.41, 5.74) is 2.52. The maximum Gasteiger partial charge on any atom is 0.227 e. The first kappa shape index (κ1) is 17.6. The maximum atomic E-state index is 13.8. The van der Waals surface area contributed by atoms with E-state index in [1.807, 2.05) is 18.7 Å². The van der Waals surface area contributed by atoms with Crippen molar-refractivity contribution in [3.63, 3.8) is 0 Å². The molecule has 1 aliphatic rings. The van der Waals surface area contributed by atoms with E-state index in [0.717, 1.165) is 43.1 Å². The Hall–Kier alpha value is -2.21. The van der Waals surface area contributed by atoms with E-state index in [-0.39, 0.29) is 18.1 Å². The van der Waals surface area contributed by atoms with Gasteiger partial charge in [-0.05, 0) is 31.9 Å². The molecule has 1 aromatic carbocycles. The summed E-state index contributed by atoms with van der Waals surface area (Å²) >= 11 is 0. The zero-order valence-corrected chi connectivity index (χ0v) is 14.8. The Labute approximate surface area is 147 Å². The number of hydrogen-bond donors (Lipinski definition) is 0. The van der Waals surface area contributed by atoms with Crippen molar-refractivity contribution in [3.05, 3.63) is 52.7 Å². The van der Waals surface area contributed by atoms with Crippen LogP contribution in [0.4, 0.5) is 4.39 Å². The van der Waals surface area contributed by atoms with Crippen LogP contribution in [0.1, 0.15) is 29.0 Å². The van der Waals surface area contributed by atoms with Crippen LogP contribution in [0.15, 0.2) is 28.8 Å². The number of carbonyl (C=O) groups excluding carboxylic acids is 1. The highest BCUT2D eigenvalue weighted by atomic mass is 19.1. The zero-order valence-electron chi connectivity index (χ0n) is 14.8. The van der Waals surface area contributed by atoms with Crippen LogP contribution in [0, 0.1) is 19.7 Å². The van der Waals surface area contributed by atoms with E-state index >= 15 is 0 Å². The second kappa shape index (κ2) is 7.78. The van der Waals surface area contributed by atoms with Crippen molar-refractivity contribution in [3.8, 4) is 0 Å². The van der Waals surface area contributed by atoms with Crippen molar-refractivity contribution < 1.29 is 13.7 Å². The van der Waals surface area contributed by atoms with E-state index in [9.17, 15) is 9.18 Å². The Morgan fingerprint density at radius 2 is 2.00 bits per heavy atom. The van der Waals surface area contributed by atoms with Crippen LogP contribution in [0.5, 0.6) is 0 Å². The molecule has 0 unspecified atom stereocenters. The van der Waals surface area contributed by atoms with Crippen molar-refractivity contribution in [1.82, 2.24) is 15.0 Å². The molecule has 0 N–H and O–H groups in total. The van der Waals surface area contributed by atoms with Gasteiger partial charge in [-0.3, -0.25) is 9.69 Å². The van der Waals surface area contributed by atoms with E-state index < -0.39 is 0 Å². The number of amides is 1. The van der Waals surface area contributed by atoms with Gasteiger partial charge in [0, 0.05) is 38.3 Å². The second-order valence-electron chi connectivity index (χ2n) is 6.58. The molecular weight excluding hydrogens is 321 g/mol. The molecule has 2 aromatic rings. The summed E-state index contributed by atoms with van der Waals surface area (Å²) in [7, 11) is 0. The average Bonchev–Trinajstić information content (AvgIpc) is 2.79. The maximum absolute atomic E-state index is 13.8. The van der Waals surface area contributed by atoms with Crippen molar-refractivity contribution in [1.29, 1.82) is 0 Å². The minimum absolute atomic E-state index is 0.00992. The number of halogens is 1. The largest absolute Gasteiger partial charge is 0.361 e. The minimum atomic E-state index is -0.314. The third-order valence-electron chi connectivity index (χ3n) is 4.80. The van der Waals surface area contributed by atoms with Gasteiger partial charge in [-0.25, -0.2) is 4.39 Å². The predicted octanol–water partition coefficient (Wildman–Crippen LogP) is 2.71. The van der Waals surface area contributed by atoms with Crippen LogP contribution in [-0.4, -0.2) is 47.0 Å². The molecule has 1 aromatic heterocycles. The lowest BCUT2D eigenvalue weighted by Crippen LogP contribution is -2.36. The van der Waals surface area contributed by atoms with Gasteiger partial charge in [-0.1, -0.05) is 23.4 Å². The molecule has 2 heterocycles. The third kappa shape index (κ3) is 4.25. The average molecular weight is 345 g/mol. The van der Waals surface area contributed by atoms with Gasteiger partial charge in [0.05, 0.1) is 12.1 Å². The molecule has 0 radical (unpaired) electrons. The predicted molar refractivity (Wildman–Crippen MR) is 92.6 cm³/mol. The van der Waals surface area contributed by atoms with Gasteiger partial charge in [-0.2, -0.15) is 0 Å². The highest BCUT2D eigenvalue weighted by Gasteiger charge is 2.21. The lowest BCUT2D eigenvalue weighted by molar-refractivity contribution is -0.130. The standard InChI is InChI=1S/C19H24FN3O2/c1-14-17(15(2)25-21-14)13-22-8-5-9-23(11-10-22)19(24)12-16-6-3-4-7-18(16)20/h3-4,6-7H,5,8-13H2,1-2H3. The Balaban J connectivity index is 1.58. The number of carbonyl (C=O) groups is 1. The number of hydrogen-bond acceptors (Lipinski definition) is 4. The molecule has 1 aliphatic heterocycles. The first-order chi connectivity index (χ1) is 12.0. The zero-order chi connectivity index (χ0) is 17.8. The highest BCUT2D eigenvalue weighted by Crippen LogP contribution is 2.17. The Bertz CT molecular complexity index is 725. The molecule has 6 heteroatoms. The van der Waals surface area contributed by atoms with Crippen LogP contribution >= 0.6 is 0 Å². The van der Waals surface area contributed by atoms with Crippen molar-refractivity contribution in [2.24, 2.45) is 0 Å². The fourth-order valence-corrected chi connectivity index (χ4v) is 3.25. The third-order valence-corrected chi connectivity index (χ3v) is 4.80. The van der Waals surface area contributed by atoms with E-state index in [0.29, 0.717) is 18.7 Å². The van der Waals surface area contributed by atoms with Crippen LogP contribution in [0.3, 0.4) is 0 Å². The summed E-state index contributed by atoms with van der Waals surface area (Å²) in [5, 5.41) is 4.00. The molecule has 0 bridgehead atoms. The smallest absolute Gasteiger partial charge is 0.227 e. The lowest BCUT2D eigenvalue weighted by Gasteiger charge is -2.22. The highest BCUT2D eigenvalue weighted by molar-refractivity contribution is 5.78. The van der Waals surface area contributed by atoms with Crippen LogP contribution in [0.2, 0.25) is 0 Å². The van der Waals surface area contributed by atoms with Gasteiger partial charge >= 0.3 is 0 Å². The summed E-state index contributed by atoms with van der Waals surface area (Å²) in [6.07, 6.45) is 1.03. The summed E-state index contributed by atoms with van der Waals surface area (Å²) in [5.74, 6) is 0.532. The Morgan fingerprint density at radius 3 is 2.72 bits per heavy atom. The number of nitrogens with zero attached hydrogens (tertiary/aromatic N) is 3. The van der Waals surface area contributed by atoms with Gasteiger partial charge in [0.25, 0.3) is 0 Å². The number of aryl methyl sites for hydroxylation is 2. The molecular formula is C19H24FN3O2. The van der Waals surface area contributed by atoms with Crippen molar-refractivity contribution >= 4 is 5.91 Å². The fourth-order valence-electron chi connectivity index (χ4n) is 3.25. The molecule has 0 spiro atoms. The summed E-state index contributed by atoms with van der Waals surface area (Å²) in [4.78, 5) is 16.7. The molecule has 5 nitrogen and oxygen atoms in total. The molecule has 1 saturated heterocycles. The van der Waals surface area contributed by atoms with E-state index in [1.165, 1.54) is 6.07 Å². The number of benzene rings is 1. The molecule has 3 rings (SSSR count). The summed E-state index contributed by atoms with van der Waals surface area (Å²) in [6.45, 7) is 7.77. The monoisotopic (exact) mass is 345 g/mol. The summed E-state index contributed by atoms with van der Waals surface area (Å²) < 4.78 is 19.0. The second-order valence-corrected chi connectivity index (χ2v) is 6.58. The lowest BCUT2D eigenvalue weighted by atomic mass is 10.1. The van der Waals surface area contributed by atoms with Gasteiger partial charge in [-0.15, -0.1) is 0 Å². The first-order valence-electron chi connectivity index (χ1n) is 8.70. The van der Waals surface area contributed by atoms with Crippen molar-refractivity contribution in [2.75, 3.05) is 26.2 Å². The number of aromatic nitrogens is 1. The topological polar surface area (TPSA) is 49.6 Å². The quantitative estimate of drug-likeness (QED) is 0.855. The van der Waals surface area contributed by atoms with Gasteiger partial charge < -0.3 is 9.42 Å². The molecule has 134 valence electrons. The van der Waals surface area contributed by atoms with Crippen LogP contribution < -0.4 is 0 Å². The molecule has 0 atom stereocenters. The van der Waals surface area contributed by atoms with Gasteiger partial charge in [0.2, 0.25) is 5.91 Å². The Kier molecular flexibility index (Phi) is 5.48. The van der Waals surface area contributed by atoms with Gasteiger partial charge in [0.15, 0.2) is 0 Å². The van der Waals surface area contributed by atoms with E-state index in [1.54, 1.807) is 18.2 Å². The molecule has 0 saturated carbocycles. The molecule has 1 amide bonds. The van der Waals surface area contributed by atoms with E-state index in [2.05, 4.69) is 10.1 Å². The minimum Gasteiger partial charge on any atom is -0.361 e.